The van der Waals surface area contributed by atoms with E-state index < -0.39 is 9.84 Å². The molecule has 0 radical (unpaired) electrons. The van der Waals surface area contributed by atoms with Crippen LogP contribution in [0.2, 0.25) is 0 Å². The van der Waals surface area contributed by atoms with Crippen LogP contribution in [0.3, 0.4) is 0 Å². The average molecular weight is 357 g/mol. The fourth-order valence-electron chi connectivity index (χ4n) is 1.61. The highest BCUT2D eigenvalue weighted by molar-refractivity contribution is 9.10. The molecule has 0 atom stereocenters. The number of amides is 1. The molecule has 0 bridgehead atoms. The van der Waals surface area contributed by atoms with Gasteiger partial charge in [0.15, 0.2) is 9.84 Å². The average Bonchev–Trinajstić information content (AvgIpc) is 2.86. The van der Waals surface area contributed by atoms with Crippen LogP contribution < -0.4 is 5.32 Å². The molecule has 0 saturated carbocycles. The number of aromatic amines is 1. The highest BCUT2D eigenvalue weighted by atomic mass is 79.9. The van der Waals surface area contributed by atoms with Gasteiger partial charge in [-0.15, -0.1) is 0 Å². The molecule has 20 heavy (non-hydrogen) atoms. The van der Waals surface area contributed by atoms with Crippen LogP contribution in [-0.2, 0) is 9.84 Å². The number of nitrogens with one attached hydrogen (secondary N) is 2. The van der Waals surface area contributed by atoms with Crippen molar-refractivity contribution in [3.8, 4) is 0 Å². The SMILES string of the molecule is CCS(=O)(=O)c1ccc(NC(=O)c2cc(Br)c[nH]2)cc1. The van der Waals surface area contributed by atoms with Gasteiger partial charge in [-0.3, -0.25) is 4.79 Å². The topological polar surface area (TPSA) is 79.0 Å². The number of carbonyl (C=O) groups excluding carboxylic acids is 1. The van der Waals surface area contributed by atoms with Crippen molar-refractivity contribution in [2.75, 3.05) is 11.1 Å². The number of sulfone groups is 1. The van der Waals surface area contributed by atoms with Gasteiger partial charge in [-0.25, -0.2) is 8.42 Å². The third-order valence-corrected chi connectivity index (χ3v) is 4.95. The number of halogens is 1. The lowest BCUT2D eigenvalue weighted by atomic mass is 10.3. The Hall–Kier alpha value is -1.60. The zero-order valence-electron chi connectivity index (χ0n) is 10.7. The van der Waals surface area contributed by atoms with E-state index in [9.17, 15) is 13.2 Å². The summed E-state index contributed by atoms with van der Waals surface area (Å²) in [6, 6.07) is 7.76. The van der Waals surface area contributed by atoms with E-state index in [1.807, 2.05) is 0 Å². The minimum Gasteiger partial charge on any atom is -0.356 e. The lowest BCUT2D eigenvalue weighted by Crippen LogP contribution is -2.12. The molecule has 5 nitrogen and oxygen atoms in total. The Bertz CT molecular complexity index is 720. The number of benzene rings is 1. The summed E-state index contributed by atoms with van der Waals surface area (Å²) in [5.41, 5.74) is 0.956. The summed E-state index contributed by atoms with van der Waals surface area (Å²) < 4.78 is 24.1. The molecule has 7 heteroatoms. The molecule has 1 aromatic heterocycles. The van der Waals surface area contributed by atoms with Crippen molar-refractivity contribution in [2.24, 2.45) is 0 Å². The van der Waals surface area contributed by atoms with Crippen LogP contribution in [0.1, 0.15) is 17.4 Å². The number of hydrogen-bond acceptors (Lipinski definition) is 3. The van der Waals surface area contributed by atoms with Gasteiger partial charge in [-0.1, -0.05) is 6.92 Å². The molecule has 1 heterocycles. The summed E-state index contributed by atoms with van der Waals surface area (Å²) in [6.45, 7) is 1.59. The van der Waals surface area contributed by atoms with Gasteiger partial charge in [0.25, 0.3) is 5.91 Å². The van der Waals surface area contributed by atoms with Gasteiger partial charge in [0.05, 0.1) is 10.6 Å². The lowest BCUT2D eigenvalue weighted by molar-refractivity contribution is 0.102. The molecule has 1 amide bonds. The van der Waals surface area contributed by atoms with E-state index in [2.05, 4.69) is 26.2 Å². The molecule has 1 aromatic carbocycles. The summed E-state index contributed by atoms with van der Waals surface area (Å²) in [6.07, 6.45) is 1.66. The Balaban J connectivity index is 2.14. The van der Waals surface area contributed by atoms with Crippen LogP contribution in [0.25, 0.3) is 0 Å². The van der Waals surface area contributed by atoms with Gasteiger partial charge >= 0.3 is 0 Å². The fourth-order valence-corrected chi connectivity index (χ4v) is 2.84. The molecule has 106 valence electrons. The molecule has 0 saturated heterocycles. The normalized spacial score (nSPS) is 11.3. The Morgan fingerprint density at radius 2 is 1.95 bits per heavy atom. The third-order valence-electron chi connectivity index (χ3n) is 2.74. The number of anilines is 1. The van der Waals surface area contributed by atoms with Crippen molar-refractivity contribution in [3.05, 3.63) is 46.7 Å². The van der Waals surface area contributed by atoms with E-state index in [1.54, 1.807) is 31.3 Å². The quantitative estimate of drug-likeness (QED) is 0.883. The molecule has 0 unspecified atom stereocenters. The largest absolute Gasteiger partial charge is 0.356 e. The van der Waals surface area contributed by atoms with Gasteiger partial charge in [0.1, 0.15) is 5.69 Å². The van der Waals surface area contributed by atoms with Crippen molar-refractivity contribution < 1.29 is 13.2 Å². The maximum Gasteiger partial charge on any atom is 0.272 e. The van der Waals surface area contributed by atoms with E-state index >= 15 is 0 Å². The Kier molecular flexibility index (Phi) is 4.29. The molecule has 0 aliphatic heterocycles. The first-order valence-corrected chi connectivity index (χ1v) is 8.35. The summed E-state index contributed by atoms with van der Waals surface area (Å²) in [4.78, 5) is 14.9. The number of aromatic nitrogens is 1. The van der Waals surface area contributed by atoms with Crippen molar-refractivity contribution in [1.82, 2.24) is 4.98 Å². The van der Waals surface area contributed by atoms with Crippen molar-refractivity contribution in [3.63, 3.8) is 0 Å². The second-order valence-electron chi connectivity index (χ2n) is 4.11. The number of H-pyrrole nitrogens is 1. The van der Waals surface area contributed by atoms with Crippen LogP contribution >= 0.6 is 15.9 Å². The van der Waals surface area contributed by atoms with Crippen molar-refractivity contribution in [1.29, 1.82) is 0 Å². The van der Waals surface area contributed by atoms with Crippen LogP contribution in [0.4, 0.5) is 5.69 Å². The molecule has 2 aromatic rings. The maximum absolute atomic E-state index is 11.9. The third kappa shape index (κ3) is 3.29. The molecule has 0 aliphatic carbocycles. The smallest absolute Gasteiger partial charge is 0.272 e. The Labute approximate surface area is 125 Å². The van der Waals surface area contributed by atoms with Gasteiger partial charge in [0.2, 0.25) is 0 Å². The molecule has 0 spiro atoms. The lowest BCUT2D eigenvalue weighted by Gasteiger charge is -2.05. The monoisotopic (exact) mass is 356 g/mol. The van der Waals surface area contributed by atoms with Crippen molar-refractivity contribution >= 4 is 37.4 Å². The van der Waals surface area contributed by atoms with Gasteiger partial charge in [0, 0.05) is 16.4 Å². The molecule has 0 fully saturated rings. The minimum absolute atomic E-state index is 0.0508. The standard InChI is InChI=1S/C13H13BrN2O3S/c1-2-20(18,19)11-5-3-10(4-6-11)16-13(17)12-7-9(14)8-15-12/h3-8,15H,2H2,1H3,(H,16,17). The summed E-state index contributed by atoms with van der Waals surface area (Å²) in [5.74, 6) is -0.239. The molecule has 2 rings (SSSR count). The second kappa shape index (κ2) is 5.80. The number of hydrogen-bond donors (Lipinski definition) is 2. The van der Waals surface area contributed by atoms with Crippen LogP contribution in [0.5, 0.6) is 0 Å². The predicted octanol–water partition coefficient (Wildman–Crippen LogP) is 2.82. The van der Waals surface area contributed by atoms with E-state index in [-0.39, 0.29) is 16.6 Å². The molecular weight excluding hydrogens is 344 g/mol. The van der Waals surface area contributed by atoms with Crippen LogP contribution in [-0.4, -0.2) is 25.1 Å². The first-order chi connectivity index (χ1) is 9.42. The van der Waals surface area contributed by atoms with E-state index in [0.717, 1.165) is 4.47 Å². The van der Waals surface area contributed by atoms with Gasteiger partial charge in [-0.05, 0) is 46.3 Å². The number of carbonyl (C=O) groups is 1. The minimum atomic E-state index is -3.22. The number of rotatable bonds is 4. The van der Waals surface area contributed by atoms with Crippen molar-refractivity contribution in [2.45, 2.75) is 11.8 Å². The molecular formula is C13H13BrN2O3S. The van der Waals surface area contributed by atoms with E-state index in [0.29, 0.717) is 11.4 Å². The van der Waals surface area contributed by atoms with Crippen LogP contribution in [0.15, 0.2) is 45.9 Å². The summed E-state index contributed by atoms with van der Waals surface area (Å²) >= 11 is 3.25. The van der Waals surface area contributed by atoms with Crippen LogP contribution in [0, 0.1) is 0 Å². The maximum atomic E-state index is 11.9. The summed E-state index contributed by atoms with van der Waals surface area (Å²) in [5, 5.41) is 2.68. The van der Waals surface area contributed by atoms with Gasteiger partial charge in [-0.2, -0.15) is 0 Å². The van der Waals surface area contributed by atoms with E-state index in [1.165, 1.54) is 12.1 Å². The summed E-state index contributed by atoms with van der Waals surface area (Å²) in [7, 11) is -3.22. The zero-order chi connectivity index (χ0) is 14.8. The van der Waals surface area contributed by atoms with E-state index in [4.69, 9.17) is 0 Å². The second-order valence-corrected chi connectivity index (χ2v) is 7.31. The first-order valence-electron chi connectivity index (χ1n) is 5.90. The highest BCUT2D eigenvalue weighted by Gasteiger charge is 2.12. The predicted molar refractivity (Wildman–Crippen MR) is 80.6 cm³/mol. The Morgan fingerprint density at radius 3 is 2.45 bits per heavy atom. The van der Waals surface area contributed by atoms with Gasteiger partial charge < -0.3 is 10.3 Å². The molecule has 0 aliphatic rings. The highest BCUT2D eigenvalue weighted by Crippen LogP contribution is 2.17. The first kappa shape index (κ1) is 14.8. The fraction of sp³-hybridized carbons (Fsp3) is 0.154. The Morgan fingerprint density at radius 1 is 1.30 bits per heavy atom. The molecule has 2 N–H and O–H groups in total. The zero-order valence-corrected chi connectivity index (χ0v) is 13.1.